The molecule has 0 saturated heterocycles. The maximum Gasteiger partial charge on any atom is 0.326 e. The Kier molecular flexibility index (Phi) is 4.90. The van der Waals surface area contributed by atoms with Gasteiger partial charge in [0.15, 0.2) is 0 Å². The fourth-order valence-electron chi connectivity index (χ4n) is 1.62. The van der Waals surface area contributed by atoms with Crippen LogP contribution in [0.3, 0.4) is 0 Å². The number of benzene rings is 1. The average Bonchev–Trinajstić information content (AvgIpc) is 2.75. The van der Waals surface area contributed by atoms with Crippen LogP contribution < -0.4 is 4.72 Å². The Morgan fingerprint density at radius 3 is 2.33 bits per heavy atom. The first-order valence-corrected chi connectivity index (χ1v) is 8.62. The molecule has 2 rings (SSSR count). The van der Waals surface area contributed by atoms with E-state index in [0.29, 0.717) is 0 Å². The molecule has 2 aromatic rings. The molecular weight excluding hydrogens is 357 g/mol. The molecule has 21 heavy (non-hydrogen) atoms. The second kappa shape index (κ2) is 6.33. The van der Waals surface area contributed by atoms with Gasteiger partial charge in [0.25, 0.3) is 0 Å². The molecule has 1 unspecified atom stereocenters. The van der Waals surface area contributed by atoms with Gasteiger partial charge in [0.05, 0.1) is 13.6 Å². The number of thiophene rings is 1. The molecule has 0 aliphatic heterocycles. The molecular formula is C12H9Cl2NO4S2. The molecule has 2 N–H and O–H groups in total. The number of carboxylic acids is 1. The molecule has 1 aromatic carbocycles. The third kappa shape index (κ3) is 3.75. The minimum absolute atomic E-state index is 0.0336. The quantitative estimate of drug-likeness (QED) is 0.852. The lowest BCUT2D eigenvalue weighted by molar-refractivity contribution is -0.139. The smallest absolute Gasteiger partial charge is 0.326 e. The minimum Gasteiger partial charge on any atom is -0.480 e. The monoisotopic (exact) mass is 365 g/mol. The molecule has 1 heterocycles. The van der Waals surface area contributed by atoms with Crippen LogP contribution in [0.4, 0.5) is 0 Å². The van der Waals surface area contributed by atoms with Crippen LogP contribution in [0.15, 0.2) is 41.3 Å². The summed E-state index contributed by atoms with van der Waals surface area (Å²) in [7, 11) is -3.99. The van der Waals surface area contributed by atoms with Crippen LogP contribution in [0, 0.1) is 0 Å². The van der Waals surface area contributed by atoms with Crippen molar-refractivity contribution in [2.24, 2.45) is 0 Å². The molecule has 0 fully saturated rings. The number of carbonyl (C=O) groups is 1. The summed E-state index contributed by atoms with van der Waals surface area (Å²) >= 11 is 12.6. The molecule has 0 saturated carbocycles. The van der Waals surface area contributed by atoms with Crippen molar-refractivity contribution in [1.82, 2.24) is 4.72 Å². The highest BCUT2D eigenvalue weighted by atomic mass is 35.5. The van der Waals surface area contributed by atoms with Crippen LogP contribution in [-0.2, 0) is 14.8 Å². The predicted molar refractivity (Wildman–Crippen MR) is 81.5 cm³/mol. The summed E-state index contributed by atoms with van der Waals surface area (Å²) in [6.07, 6.45) is 0. The highest BCUT2D eigenvalue weighted by Gasteiger charge is 2.29. The molecule has 0 aliphatic rings. The van der Waals surface area contributed by atoms with Gasteiger partial charge in [-0.3, -0.25) is 4.79 Å². The summed E-state index contributed by atoms with van der Waals surface area (Å²) < 4.78 is 26.9. The first kappa shape index (κ1) is 16.3. The summed E-state index contributed by atoms with van der Waals surface area (Å²) in [5.41, 5.74) is 0.110. The number of nitrogens with one attached hydrogen (secondary N) is 1. The van der Waals surface area contributed by atoms with Gasteiger partial charge in [0, 0.05) is 5.56 Å². The number of rotatable bonds is 5. The fraction of sp³-hybridized carbons (Fsp3) is 0.0833. The highest BCUT2D eigenvalue weighted by Crippen LogP contribution is 2.35. The molecule has 1 aromatic heterocycles. The van der Waals surface area contributed by atoms with Gasteiger partial charge >= 0.3 is 5.97 Å². The Hall–Kier alpha value is -1.12. The second-order valence-corrected chi connectivity index (χ2v) is 7.98. The molecule has 5 nitrogen and oxygen atoms in total. The fourth-order valence-corrected chi connectivity index (χ4v) is 4.34. The lowest BCUT2D eigenvalue weighted by Gasteiger charge is -2.14. The van der Waals surface area contributed by atoms with Gasteiger partial charge in [-0.05, 0) is 18.2 Å². The second-order valence-electron chi connectivity index (χ2n) is 3.99. The number of sulfonamides is 1. The van der Waals surface area contributed by atoms with Crippen molar-refractivity contribution < 1.29 is 18.3 Å². The van der Waals surface area contributed by atoms with E-state index in [1.54, 1.807) is 18.2 Å². The van der Waals surface area contributed by atoms with E-state index in [1.165, 1.54) is 18.2 Å². The van der Waals surface area contributed by atoms with Crippen LogP contribution in [0.1, 0.15) is 11.6 Å². The summed E-state index contributed by atoms with van der Waals surface area (Å²) in [6, 6.07) is 7.29. The molecule has 9 heteroatoms. The van der Waals surface area contributed by atoms with E-state index in [1.807, 2.05) is 0 Å². The lowest BCUT2D eigenvalue weighted by Crippen LogP contribution is -2.33. The number of aliphatic carboxylic acids is 1. The van der Waals surface area contributed by atoms with Crippen molar-refractivity contribution >= 4 is 50.5 Å². The van der Waals surface area contributed by atoms with Crippen molar-refractivity contribution in [3.8, 4) is 0 Å². The van der Waals surface area contributed by atoms with Crippen LogP contribution >= 0.6 is 34.5 Å². The standard InChI is InChI=1S/C12H9Cl2NO4S2/c13-9-6-8(11(14)20-9)10(12(16)17)15-21(18,19)7-4-2-1-3-5-7/h1-6,10,15H,(H,16,17). The van der Waals surface area contributed by atoms with E-state index in [0.717, 1.165) is 11.3 Å². The summed E-state index contributed by atoms with van der Waals surface area (Å²) in [6.45, 7) is 0. The van der Waals surface area contributed by atoms with Gasteiger partial charge in [-0.25, -0.2) is 8.42 Å². The average molecular weight is 366 g/mol. The first-order valence-electron chi connectivity index (χ1n) is 5.56. The van der Waals surface area contributed by atoms with E-state index < -0.39 is 22.0 Å². The Labute approximate surface area is 135 Å². The molecule has 1 atom stereocenters. The number of carboxylic acid groups (broad SMARTS) is 1. The Bertz CT molecular complexity index is 759. The van der Waals surface area contributed by atoms with Crippen molar-refractivity contribution in [3.63, 3.8) is 0 Å². The van der Waals surface area contributed by atoms with Gasteiger partial charge in [0.1, 0.15) is 6.04 Å². The van der Waals surface area contributed by atoms with Crippen LogP contribution in [0.25, 0.3) is 0 Å². The van der Waals surface area contributed by atoms with Crippen LogP contribution in [-0.4, -0.2) is 19.5 Å². The Morgan fingerprint density at radius 1 is 1.24 bits per heavy atom. The molecule has 0 amide bonds. The maximum absolute atomic E-state index is 12.2. The van der Waals surface area contributed by atoms with E-state index in [2.05, 4.69) is 4.72 Å². The summed E-state index contributed by atoms with van der Waals surface area (Å²) in [4.78, 5) is 11.3. The molecule has 112 valence electrons. The Balaban J connectivity index is 2.38. The third-order valence-electron chi connectivity index (χ3n) is 2.57. The highest BCUT2D eigenvalue weighted by molar-refractivity contribution is 7.89. The van der Waals surface area contributed by atoms with Gasteiger partial charge in [-0.15, -0.1) is 11.3 Å². The van der Waals surface area contributed by atoms with E-state index in [4.69, 9.17) is 23.2 Å². The van der Waals surface area contributed by atoms with E-state index >= 15 is 0 Å². The number of hydrogen-bond donors (Lipinski definition) is 2. The number of hydrogen-bond acceptors (Lipinski definition) is 4. The lowest BCUT2D eigenvalue weighted by atomic mass is 10.2. The first-order chi connectivity index (χ1) is 9.81. The maximum atomic E-state index is 12.2. The topological polar surface area (TPSA) is 83.5 Å². The number of halogens is 2. The molecule has 0 bridgehead atoms. The van der Waals surface area contributed by atoms with E-state index in [-0.39, 0.29) is 19.1 Å². The van der Waals surface area contributed by atoms with Crippen LogP contribution in [0.5, 0.6) is 0 Å². The van der Waals surface area contributed by atoms with Crippen LogP contribution in [0.2, 0.25) is 8.67 Å². The SMILES string of the molecule is O=C(O)C(NS(=O)(=O)c1ccccc1)c1cc(Cl)sc1Cl. The third-order valence-corrected chi connectivity index (χ3v) is 5.52. The zero-order chi connectivity index (χ0) is 15.6. The normalized spacial score (nSPS) is 13.0. The molecule has 0 spiro atoms. The van der Waals surface area contributed by atoms with Crippen molar-refractivity contribution in [3.05, 3.63) is 50.6 Å². The van der Waals surface area contributed by atoms with Crippen molar-refractivity contribution in [2.45, 2.75) is 10.9 Å². The van der Waals surface area contributed by atoms with Gasteiger partial charge in [-0.2, -0.15) is 4.72 Å². The van der Waals surface area contributed by atoms with Gasteiger partial charge < -0.3 is 5.11 Å². The van der Waals surface area contributed by atoms with Crippen molar-refractivity contribution in [1.29, 1.82) is 0 Å². The molecule has 0 radical (unpaired) electrons. The zero-order valence-corrected chi connectivity index (χ0v) is 13.4. The molecule has 0 aliphatic carbocycles. The van der Waals surface area contributed by atoms with Gasteiger partial charge in [0.2, 0.25) is 10.0 Å². The minimum atomic E-state index is -3.99. The van der Waals surface area contributed by atoms with E-state index in [9.17, 15) is 18.3 Å². The summed E-state index contributed by atoms with van der Waals surface area (Å²) in [5, 5.41) is 9.25. The largest absolute Gasteiger partial charge is 0.480 e. The zero-order valence-electron chi connectivity index (χ0n) is 10.3. The van der Waals surface area contributed by atoms with Crippen molar-refractivity contribution in [2.75, 3.05) is 0 Å². The summed E-state index contributed by atoms with van der Waals surface area (Å²) in [5.74, 6) is -1.37. The Morgan fingerprint density at radius 2 is 1.86 bits per heavy atom. The predicted octanol–water partition coefficient (Wildman–Crippen LogP) is 3.16. The van der Waals surface area contributed by atoms with Gasteiger partial charge in [-0.1, -0.05) is 41.4 Å².